The number of hydrogen-bond donors (Lipinski definition) is 2. The number of nitrogens with one attached hydrogen (secondary N) is 2. The van der Waals surface area contributed by atoms with Gasteiger partial charge >= 0.3 is 0 Å². The van der Waals surface area contributed by atoms with Gasteiger partial charge in [-0.3, -0.25) is 9.59 Å². The van der Waals surface area contributed by atoms with Crippen molar-refractivity contribution in [3.05, 3.63) is 64.4 Å². The van der Waals surface area contributed by atoms with Crippen LogP contribution >= 0.6 is 11.3 Å². The van der Waals surface area contributed by atoms with Crippen molar-refractivity contribution in [1.82, 2.24) is 15.3 Å². The Morgan fingerprint density at radius 3 is 2.45 bits per heavy atom. The molecule has 4 rings (SSSR count). The van der Waals surface area contributed by atoms with Crippen molar-refractivity contribution in [3.8, 4) is 11.6 Å². The van der Waals surface area contributed by atoms with Crippen LogP contribution in [0.5, 0.6) is 0 Å². The molecule has 29 heavy (non-hydrogen) atoms. The molecule has 0 fully saturated rings. The van der Waals surface area contributed by atoms with Crippen LogP contribution in [0.3, 0.4) is 0 Å². The number of thiophene rings is 1. The highest BCUT2D eigenvalue weighted by atomic mass is 32.1. The topological polar surface area (TPSA) is 97.1 Å². The predicted molar refractivity (Wildman–Crippen MR) is 112 cm³/mol. The molecule has 0 aliphatic carbocycles. The third-order valence-corrected chi connectivity index (χ3v) is 5.74. The van der Waals surface area contributed by atoms with Crippen molar-refractivity contribution in [2.75, 3.05) is 12.4 Å². The first-order valence-electron chi connectivity index (χ1n) is 8.93. The molecule has 0 unspecified atom stereocenters. The summed E-state index contributed by atoms with van der Waals surface area (Å²) >= 11 is 1.32. The average molecular weight is 406 g/mol. The second-order valence-corrected chi connectivity index (χ2v) is 7.46. The normalized spacial score (nSPS) is 10.9. The summed E-state index contributed by atoms with van der Waals surface area (Å²) in [5.74, 6) is 0.683. The quantitative estimate of drug-likeness (QED) is 0.530. The molecule has 0 saturated carbocycles. The van der Waals surface area contributed by atoms with Gasteiger partial charge in [-0.1, -0.05) is 0 Å². The second-order valence-electron chi connectivity index (χ2n) is 6.46. The van der Waals surface area contributed by atoms with Gasteiger partial charge in [0.1, 0.15) is 4.83 Å². The highest BCUT2D eigenvalue weighted by Crippen LogP contribution is 2.33. The molecule has 0 spiro atoms. The predicted octanol–water partition coefficient (Wildman–Crippen LogP) is 4.18. The number of nitrogens with zero attached hydrogens (tertiary/aromatic N) is 2. The van der Waals surface area contributed by atoms with Gasteiger partial charge in [0.25, 0.3) is 11.8 Å². The van der Waals surface area contributed by atoms with Crippen LogP contribution in [-0.4, -0.2) is 28.8 Å². The van der Waals surface area contributed by atoms with Gasteiger partial charge in [-0.2, -0.15) is 0 Å². The molecule has 0 atom stereocenters. The fraction of sp³-hybridized carbons (Fsp3) is 0.143. The van der Waals surface area contributed by atoms with E-state index >= 15 is 0 Å². The molecule has 0 aliphatic heterocycles. The van der Waals surface area contributed by atoms with E-state index in [9.17, 15) is 9.59 Å². The molecule has 0 saturated heterocycles. The maximum absolute atomic E-state index is 12.9. The highest BCUT2D eigenvalue weighted by molar-refractivity contribution is 7.20. The van der Waals surface area contributed by atoms with Gasteiger partial charge in [0.15, 0.2) is 11.6 Å². The number of carbonyl (C=O) groups is 2. The highest BCUT2D eigenvalue weighted by Gasteiger charge is 2.20. The summed E-state index contributed by atoms with van der Waals surface area (Å²) in [4.78, 5) is 34.9. The smallest absolute Gasteiger partial charge is 0.266 e. The van der Waals surface area contributed by atoms with Crippen molar-refractivity contribution < 1.29 is 14.0 Å². The molecule has 1 aromatic carbocycles. The van der Waals surface area contributed by atoms with Crippen LogP contribution in [-0.2, 0) is 0 Å². The molecule has 4 aromatic rings. The van der Waals surface area contributed by atoms with Gasteiger partial charge in [-0.05, 0) is 55.8 Å². The van der Waals surface area contributed by atoms with Crippen molar-refractivity contribution in [2.45, 2.75) is 13.8 Å². The first-order chi connectivity index (χ1) is 14.0. The number of benzene rings is 1. The number of carbonyl (C=O) groups excluding carboxylic acids is 2. The Balaban J connectivity index is 1.65. The van der Waals surface area contributed by atoms with E-state index in [2.05, 4.69) is 20.6 Å². The number of aromatic nitrogens is 2. The zero-order valence-corrected chi connectivity index (χ0v) is 16.9. The number of aryl methyl sites for hydroxylation is 2. The fourth-order valence-corrected chi connectivity index (χ4v) is 4.24. The summed E-state index contributed by atoms with van der Waals surface area (Å²) in [6.07, 6.45) is 1.58. The first kappa shape index (κ1) is 18.8. The van der Waals surface area contributed by atoms with Crippen molar-refractivity contribution in [3.63, 3.8) is 0 Å². The maximum atomic E-state index is 12.9. The van der Waals surface area contributed by atoms with Crippen LogP contribution in [0.2, 0.25) is 0 Å². The van der Waals surface area contributed by atoms with Gasteiger partial charge in [0, 0.05) is 23.7 Å². The molecule has 3 heterocycles. The summed E-state index contributed by atoms with van der Waals surface area (Å²) < 4.78 is 5.39. The lowest BCUT2D eigenvalue weighted by Crippen LogP contribution is -2.17. The SMILES string of the molecule is CNC(=O)c1ccc(NC(=O)c2sc3nc(-c4ccco4)nc(C)c3c2C)cc1. The van der Waals surface area contributed by atoms with Crippen LogP contribution in [0, 0.1) is 13.8 Å². The number of rotatable bonds is 4. The third-order valence-electron chi connectivity index (χ3n) is 4.55. The van der Waals surface area contributed by atoms with Crippen LogP contribution in [0.15, 0.2) is 47.1 Å². The molecule has 2 N–H and O–H groups in total. The van der Waals surface area contributed by atoms with Crippen LogP contribution in [0.25, 0.3) is 21.8 Å². The minimum absolute atomic E-state index is 0.176. The lowest BCUT2D eigenvalue weighted by molar-refractivity contribution is 0.0962. The first-order valence-corrected chi connectivity index (χ1v) is 9.74. The number of hydrogen-bond acceptors (Lipinski definition) is 6. The van der Waals surface area contributed by atoms with E-state index in [1.807, 2.05) is 13.8 Å². The summed E-state index contributed by atoms with van der Waals surface area (Å²) in [5, 5.41) is 6.32. The Morgan fingerprint density at radius 1 is 1.03 bits per heavy atom. The number of anilines is 1. The number of fused-ring (bicyclic) bond motifs is 1. The van der Waals surface area contributed by atoms with Crippen molar-refractivity contribution in [2.24, 2.45) is 0 Å². The van der Waals surface area contributed by atoms with Gasteiger partial charge in [-0.15, -0.1) is 11.3 Å². The molecule has 2 amide bonds. The molecular formula is C21H18N4O3S. The molecule has 7 nitrogen and oxygen atoms in total. The third kappa shape index (κ3) is 3.50. The largest absolute Gasteiger partial charge is 0.461 e. The summed E-state index contributed by atoms with van der Waals surface area (Å²) in [6.45, 7) is 3.79. The summed E-state index contributed by atoms with van der Waals surface area (Å²) in [7, 11) is 1.57. The van der Waals surface area contributed by atoms with E-state index in [1.165, 1.54) is 11.3 Å². The monoisotopic (exact) mass is 406 g/mol. The minimum Gasteiger partial charge on any atom is -0.461 e. The zero-order valence-electron chi connectivity index (χ0n) is 16.1. The van der Waals surface area contributed by atoms with E-state index in [0.29, 0.717) is 27.7 Å². The van der Waals surface area contributed by atoms with Crippen LogP contribution < -0.4 is 10.6 Å². The Labute approximate surface area is 170 Å². The number of amides is 2. The standard InChI is InChI=1S/C21H18N4O3S/c1-11-16-12(2)23-18(15-5-4-10-28-15)25-21(16)29-17(11)20(27)24-14-8-6-13(7-9-14)19(26)22-3/h4-10H,1-3H3,(H,22,26)(H,24,27). The molecule has 8 heteroatoms. The van der Waals surface area contributed by atoms with E-state index in [-0.39, 0.29) is 11.8 Å². The molecule has 0 aliphatic rings. The van der Waals surface area contributed by atoms with Crippen molar-refractivity contribution in [1.29, 1.82) is 0 Å². The second kappa shape index (κ2) is 7.48. The molecule has 146 valence electrons. The van der Waals surface area contributed by atoms with Gasteiger partial charge < -0.3 is 15.1 Å². The van der Waals surface area contributed by atoms with Crippen molar-refractivity contribution >= 4 is 39.1 Å². The molecule has 3 aromatic heterocycles. The zero-order chi connectivity index (χ0) is 20.5. The van der Waals surface area contributed by atoms with Gasteiger partial charge in [0.05, 0.1) is 16.8 Å². The van der Waals surface area contributed by atoms with E-state index in [4.69, 9.17) is 4.42 Å². The lowest BCUT2D eigenvalue weighted by Gasteiger charge is -2.06. The number of furan rings is 1. The van der Waals surface area contributed by atoms with Crippen LogP contribution in [0.4, 0.5) is 5.69 Å². The fourth-order valence-electron chi connectivity index (χ4n) is 3.11. The maximum Gasteiger partial charge on any atom is 0.266 e. The Bertz CT molecular complexity index is 1210. The molecule has 0 bridgehead atoms. The minimum atomic E-state index is -0.225. The van der Waals surface area contributed by atoms with E-state index < -0.39 is 0 Å². The Hall–Kier alpha value is -3.52. The Morgan fingerprint density at radius 2 is 1.79 bits per heavy atom. The van der Waals surface area contributed by atoms with Crippen LogP contribution in [0.1, 0.15) is 31.3 Å². The average Bonchev–Trinajstić information content (AvgIpc) is 3.36. The van der Waals surface area contributed by atoms with Gasteiger partial charge in [-0.25, -0.2) is 9.97 Å². The van der Waals surface area contributed by atoms with E-state index in [1.54, 1.807) is 49.7 Å². The summed E-state index contributed by atoms with van der Waals surface area (Å²) in [6, 6.07) is 10.3. The van der Waals surface area contributed by atoms with Gasteiger partial charge in [0.2, 0.25) is 0 Å². The molecule has 0 radical (unpaired) electrons. The van der Waals surface area contributed by atoms with E-state index in [0.717, 1.165) is 21.5 Å². The molecular weight excluding hydrogens is 388 g/mol. The Kier molecular flexibility index (Phi) is 4.85. The summed E-state index contributed by atoms with van der Waals surface area (Å²) in [5.41, 5.74) is 2.77. The lowest BCUT2D eigenvalue weighted by atomic mass is 10.1.